The second-order valence-electron chi connectivity index (χ2n) is 8.19. The molecule has 3 N–H and O–H groups in total. The lowest BCUT2D eigenvalue weighted by molar-refractivity contribution is -0.140. The number of halogens is 3. The number of amides is 1. The van der Waals surface area contributed by atoms with Crippen molar-refractivity contribution in [2.75, 3.05) is 5.32 Å². The molecule has 0 spiro atoms. The van der Waals surface area contributed by atoms with Gasteiger partial charge in [-0.25, -0.2) is 4.98 Å². The lowest BCUT2D eigenvalue weighted by atomic mass is 9.93. The van der Waals surface area contributed by atoms with Crippen LogP contribution in [0, 0.1) is 12.8 Å². The molecule has 0 bridgehead atoms. The van der Waals surface area contributed by atoms with E-state index in [0.29, 0.717) is 23.1 Å². The van der Waals surface area contributed by atoms with E-state index in [4.69, 9.17) is 0 Å². The van der Waals surface area contributed by atoms with Crippen molar-refractivity contribution in [3.8, 4) is 11.3 Å². The smallest absolute Gasteiger partial charge is 0.308 e. The van der Waals surface area contributed by atoms with E-state index in [1.54, 1.807) is 12.1 Å². The first kappa shape index (κ1) is 20.5. The maximum absolute atomic E-state index is 13.6. The summed E-state index contributed by atoms with van der Waals surface area (Å²) in [5.41, 5.74) is 2.08. The standard InChI is InChI=1S/C22H21F3N6O/c1-3-4-12-10(2)16-14(27-18(12)13-9-26-30-19(13)22(23,24)25)7-8-15-17(16)20(31-29-15)28-21(32)11-5-6-11/h7-9,11H,3-6H2,1-2H3,(H,26,30)(H2,28,29,31,32). The molecule has 1 fully saturated rings. The predicted molar refractivity (Wildman–Crippen MR) is 114 cm³/mol. The highest BCUT2D eigenvalue weighted by molar-refractivity contribution is 6.15. The summed E-state index contributed by atoms with van der Waals surface area (Å²) in [6, 6.07) is 3.52. The summed E-state index contributed by atoms with van der Waals surface area (Å²) >= 11 is 0. The number of carbonyl (C=O) groups is 1. The van der Waals surface area contributed by atoms with Crippen LogP contribution in [0.25, 0.3) is 33.1 Å². The molecule has 3 aromatic heterocycles. The number of pyridine rings is 1. The van der Waals surface area contributed by atoms with E-state index in [2.05, 4.69) is 30.7 Å². The average Bonchev–Trinajstić information content (AvgIpc) is 3.34. The lowest BCUT2D eigenvalue weighted by Gasteiger charge is -2.16. The fourth-order valence-corrected chi connectivity index (χ4v) is 4.21. The van der Waals surface area contributed by atoms with Gasteiger partial charge in [0.1, 0.15) is 5.69 Å². The maximum atomic E-state index is 13.6. The third-order valence-corrected chi connectivity index (χ3v) is 5.92. The molecule has 1 amide bonds. The number of carbonyl (C=O) groups excluding carboxylic acids is 1. The van der Waals surface area contributed by atoms with Gasteiger partial charge in [0.2, 0.25) is 5.91 Å². The minimum Gasteiger partial charge on any atom is -0.308 e. The van der Waals surface area contributed by atoms with E-state index >= 15 is 0 Å². The van der Waals surface area contributed by atoms with Crippen LogP contribution in [0.3, 0.4) is 0 Å². The second kappa shape index (κ2) is 7.32. The van der Waals surface area contributed by atoms with Crippen LogP contribution in [0.2, 0.25) is 0 Å². The van der Waals surface area contributed by atoms with Crippen molar-refractivity contribution >= 4 is 33.5 Å². The van der Waals surface area contributed by atoms with Gasteiger partial charge in [-0.15, -0.1) is 0 Å². The molecule has 0 saturated heterocycles. The number of hydrogen-bond acceptors (Lipinski definition) is 4. The van der Waals surface area contributed by atoms with Crippen LogP contribution in [-0.2, 0) is 17.4 Å². The molecule has 1 aliphatic rings. The Balaban J connectivity index is 1.76. The van der Waals surface area contributed by atoms with Crippen molar-refractivity contribution < 1.29 is 18.0 Å². The van der Waals surface area contributed by atoms with Crippen LogP contribution in [0.15, 0.2) is 18.3 Å². The predicted octanol–water partition coefficient (Wildman–Crippen LogP) is 5.13. The van der Waals surface area contributed by atoms with Crippen LogP contribution in [0.4, 0.5) is 19.0 Å². The molecule has 4 aromatic rings. The third-order valence-electron chi connectivity index (χ3n) is 5.92. The highest BCUT2D eigenvalue weighted by Gasteiger charge is 2.37. The number of aryl methyl sites for hydroxylation is 1. The zero-order valence-electron chi connectivity index (χ0n) is 17.5. The van der Waals surface area contributed by atoms with Gasteiger partial charge in [0, 0.05) is 11.3 Å². The molecular formula is C22H21F3N6O. The van der Waals surface area contributed by atoms with E-state index in [1.165, 1.54) is 6.20 Å². The number of alkyl halides is 3. The molecule has 3 heterocycles. The summed E-state index contributed by atoms with van der Waals surface area (Å²) in [5.74, 6) is 0.363. The molecular weight excluding hydrogens is 421 g/mol. The molecule has 1 saturated carbocycles. The molecule has 0 unspecified atom stereocenters. The minimum absolute atomic E-state index is 0.0140. The normalized spacial score (nSPS) is 14.4. The molecule has 5 rings (SSSR count). The van der Waals surface area contributed by atoms with Crippen LogP contribution in [0.1, 0.15) is 43.0 Å². The molecule has 10 heteroatoms. The SMILES string of the molecule is CCCc1c(-c2cn[nH]c2C(F)(F)F)nc2ccc3[nH]nc(NC(=O)C4CC4)c3c2c1C. The molecule has 32 heavy (non-hydrogen) atoms. The van der Waals surface area contributed by atoms with Gasteiger partial charge in [-0.2, -0.15) is 23.4 Å². The quantitative estimate of drug-likeness (QED) is 0.399. The van der Waals surface area contributed by atoms with Gasteiger partial charge in [0.05, 0.1) is 33.9 Å². The van der Waals surface area contributed by atoms with Crippen molar-refractivity contribution in [2.45, 2.75) is 45.7 Å². The van der Waals surface area contributed by atoms with E-state index < -0.39 is 11.9 Å². The monoisotopic (exact) mass is 442 g/mol. The summed E-state index contributed by atoms with van der Waals surface area (Å²) in [7, 11) is 0. The van der Waals surface area contributed by atoms with Crippen LogP contribution < -0.4 is 5.32 Å². The number of fused-ring (bicyclic) bond motifs is 3. The second-order valence-corrected chi connectivity index (χ2v) is 8.19. The number of anilines is 1. The Kier molecular flexibility index (Phi) is 4.68. The molecule has 1 aromatic carbocycles. The Bertz CT molecular complexity index is 1350. The zero-order valence-corrected chi connectivity index (χ0v) is 17.5. The van der Waals surface area contributed by atoms with Crippen LogP contribution >= 0.6 is 0 Å². The van der Waals surface area contributed by atoms with E-state index in [1.807, 2.05) is 13.8 Å². The van der Waals surface area contributed by atoms with Gasteiger partial charge >= 0.3 is 6.18 Å². The number of aromatic amines is 2. The topological polar surface area (TPSA) is 99.3 Å². The first-order valence-electron chi connectivity index (χ1n) is 10.5. The van der Waals surface area contributed by atoms with Gasteiger partial charge in [-0.05, 0) is 49.4 Å². The van der Waals surface area contributed by atoms with Gasteiger partial charge < -0.3 is 5.32 Å². The molecule has 0 atom stereocenters. The highest BCUT2D eigenvalue weighted by Crippen LogP contribution is 2.41. The number of H-pyrrole nitrogens is 2. The summed E-state index contributed by atoms with van der Waals surface area (Å²) in [4.78, 5) is 17.0. The molecule has 166 valence electrons. The average molecular weight is 442 g/mol. The maximum Gasteiger partial charge on any atom is 0.433 e. The van der Waals surface area contributed by atoms with E-state index in [9.17, 15) is 18.0 Å². The number of hydrogen-bond donors (Lipinski definition) is 3. The van der Waals surface area contributed by atoms with E-state index in [-0.39, 0.29) is 23.1 Å². The van der Waals surface area contributed by atoms with Gasteiger partial charge in [-0.3, -0.25) is 15.0 Å². The summed E-state index contributed by atoms with van der Waals surface area (Å²) in [6.07, 6.45) is -0.392. The van der Waals surface area contributed by atoms with Gasteiger partial charge in [-0.1, -0.05) is 13.3 Å². The molecule has 7 nitrogen and oxygen atoms in total. The fourth-order valence-electron chi connectivity index (χ4n) is 4.21. The number of nitrogens with zero attached hydrogens (tertiary/aromatic N) is 3. The Morgan fingerprint density at radius 1 is 1.22 bits per heavy atom. The van der Waals surface area contributed by atoms with Gasteiger partial charge in [0.15, 0.2) is 5.82 Å². The molecule has 0 radical (unpaired) electrons. The zero-order chi connectivity index (χ0) is 22.6. The Labute approximate surface area is 180 Å². The van der Waals surface area contributed by atoms with Crippen LogP contribution in [-0.4, -0.2) is 31.3 Å². The largest absolute Gasteiger partial charge is 0.433 e. The van der Waals surface area contributed by atoms with Gasteiger partial charge in [0.25, 0.3) is 0 Å². The highest BCUT2D eigenvalue weighted by atomic mass is 19.4. The Morgan fingerprint density at radius 3 is 2.69 bits per heavy atom. The van der Waals surface area contributed by atoms with Crippen molar-refractivity contribution in [1.82, 2.24) is 25.4 Å². The van der Waals surface area contributed by atoms with Crippen molar-refractivity contribution in [3.63, 3.8) is 0 Å². The van der Waals surface area contributed by atoms with Crippen molar-refractivity contribution in [3.05, 3.63) is 35.2 Å². The first-order valence-corrected chi connectivity index (χ1v) is 10.5. The van der Waals surface area contributed by atoms with E-state index in [0.717, 1.165) is 41.3 Å². The number of rotatable bonds is 5. The minimum atomic E-state index is -4.57. The third kappa shape index (κ3) is 3.30. The number of benzene rings is 1. The number of aromatic nitrogens is 5. The first-order chi connectivity index (χ1) is 15.3. The lowest BCUT2D eigenvalue weighted by Crippen LogP contribution is -2.14. The summed E-state index contributed by atoms with van der Waals surface area (Å²) in [6.45, 7) is 3.85. The Morgan fingerprint density at radius 2 is 2.00 bits per heavy atom. The number of nitrogens with one attached hydrogen (secondary N) is 3. The van der Waals surface area contributed by atoms with Crippen molar-refractivity contribution in [2.24, 2.45) is 5.92 Å². The van der Waals surface area contributed by atoms with Crippen LogP contribution in [0.5, 0.6) is 0 Å². The summed E-state index contributed by atoms with van der Waals surface area (Å²) < 4.78 is 40.7. The Hall–Kier alpha value is -3.43. The summed E-state index contributed by atoms with van der Waals surface area (Å²) in [5, 5.41) is 17.3. The fraction of sp³-hybridized carbons (Fsp3) is 0.364. The molecule has 1 aliphatic carbocycles. The van der Waals surface area contributed by atoms with Crippen molar-refractivity contribution in [1.29, 1.82) is 0 Å². The molecule has 0 aliphatic heterocycles.